The highest BCUT2D eigenvalue weighted by Gasteiger charge is 2.14. The van der Waals surface area contributed by atoms with Crippen LogP contribution in [0.25, 0.3) is 0 Å². The van der Waals surface area contributed by atoms with E-state index in [-0.39, 0.29) is 0 Å². The quantitative estimate of drug-likeness (QED) is 0.645. The molecule has 0 aliphatic carbocycles. The first-order valence-electron chi connectivity index (χ1n) is 5.78. The fourth-order valence-corrected chi connectivity index (χ4v) is 1.92. The zero-order chi connectivity index (χ0) is 14.0. The molecule has 19 heavy (non-hydrogen) atoms. The first kappa shape index (κ1) is 12.9. The van der Waals surface area contributed by atoms with Crippen LogP contribution in [0.1, 0.15) is 27.2 Å². The number of H-pyrrole nitrogens is 1. The summed E-state index contributed by atoms with van der Waals surface area (Å²) in [7, 11) is 0. The molecular formula is C12H16N6O. The molecule has 2 aromatic heterocycles. The van der Waals surface area contributed by atoms with Gasteiger partial charge in [0.15, 0.2) is 0 Å². The van der Waals surface area contributed by atoms with Gasteiger partial charge >= 0.3 is 0 Å². The third kappa shape index (κ3) is 2.65. The lowest BCUT2D eigenvalue weighted by Gasteiger charge is -2.12. The minimum atomic E-state index is -0.507. The van der Waals surface area contributed by atoms with Crippen LogP contribution >= 0.6 is 0 Å². The van der Waals surface area contributed by atoms with Crippen LogP contribution in [0.15, 0.2) is 12.3 Å². The predicted molar refractivity (Wildman–Crippen MR) is 72.6 cm³/mol. The highest BCUT2D eigenvalue weighted by molar-refractivity contribution is 5.99. The first-order chi connectivity index (χ1) is 8.99. The molecule has 0 aromatic carbocycles. The molecule has 6 N–H and O–H groups in total. The maximum Gasteiger partial charge on any atom is 0.252 e. The smallest absolute Gasteiger partial charge is 0.252 e. The number of primary amides is 1. The molecule has 0 aliphatic heterocycles. The van der Waals surface area contributed by atoms with Crippen molar-refractivity contribution in [3.05, 3.63) is 34.6 Å². The second kappa shape index (κ2) is 4.97. The molecule has 0 bridgehead atoms. The van der Waals surface area contributed by atoms with E-state index in [2.05, 4.69) is 20.5 Å². The van der Waals surface area contributed by atoms with Gasteiger partial charge in [-0.2, -0.15) is 5.10 Å². The van der Waals surface area contributed by atoms with E-state index in [9.17, 15) is 4.79 Å². The van der Waals surface area contributed by atoms with Crippen LogP contribution in [0.4, 0.5) is 11.6 Å². The van der Waals surface area contributed by atoms with E-state index in [0.29, 0.717) is 23.7 Å². The Morgan fingerprint density at radius 1 is 1.47 bits per heavy atom. The number of pyridine rings is 1. The minimum absolute atomic E-state index is 0.396. The van der Waals surface area contributed by atoms with Crippen molar-refractivity contribution in [2.75, 3.05) is 11.1 Å². The van der Waals surface area contributed by atoms with Crippen molar-refractivity contribution >= 4 is 17.5 Å². The Kier molecular flexibility index (Phi) is 3.37. The Labute approximate surface area is 110 Å². The Morgan fingerprint density at radius 3 is 2.79 bits per heavy atom. The Balaban J connectivity index is 2.29. The van der Waals surface area contributed by atoms with Crippen LogP contribution < -0.4 is 16.8 Å². The topological polar surface area (TPSA) is 123 Å². The van der Waals surface area contributed by atoms with Crippen LogP contribution in [-0.2, 0) is 6.54 Å². The lowest BCUT2D eigenvalue weighted by atomic mass is 10.1. The van der Waals surface area contributed by atoms with Gasteiger partial charge in [-0.1, -0.05) is 0 Å². The van der Waals surface area contributed by atoms with E-state index in [1.165, 1.54) is 0 Å². The number of hydrogen-bond acceptors (Lipinski definition) is 5. The fraction of sp³-hybridized carbons (Fsp3) is 0.250. The van der Waals surface area contributed by atoms with Crippen LogP contribution in [0.3, 0.4) is 0 Å². The second-order valence-corrected chi connectivity index (χ2v) is 4.33. The number of rotatable bonds is 4. The second-order valence-electron chi connectivity index (χ2n) is 4.33. The first-order valence-corrected chi connectivity index (χ1v) is 5.78. The molecule has 0 fully saturated rings. The number of hydrogen-bond donors (Lipinski definition) is 4. The van der Waals surface area contributed by atoms with Gasteiger partial charge in [0.25, 0.3) is 5.91 Å². The summed E-state index contributed by atoms with van der Waals surface area (Å²) in [5.74, 6) is 0.441. The zero-order valence-electron chi connectivity index (χ0n) is 10.8. The summed E-state index contributed by atoms with van der Waals surface area (Å²) in [5, 5.41) is 9.53. The molecule has 0 saturated carbocycles. The van der Waals surface area contributed by atoms with Crippen molar-refractivity contribution in [1.82, 2.24) is 15.2 Å². The van der Waals surface area contributed by atoms with Gasteiger partial charge in [-0.05, 0) is 25.5 Å². The molecule has 0 saturated heterocycles. The standard InChI is InChI=1S/C12H16N6O/c1-6-3-7(2)17-12(9(6)11(14)19)15-4-8-5-16-18-10(8)13/h3,5H,4H2,1-2H3,(H2,14,19)(H,15,17)(H3,13,16,18). The van der Waals surface area contributed by atoms with Gasteiger partial charge in [0.1, 0.15) is 11.6 Å². The van der Waals surface area contributed by atoms with Gasteiger partial charge in [0.05, 0.1) is 11.8 Å². The third-order valence-corrected chi connectivity index (χ3v) is 2.79. The fourth-order valence-electron chi connectivity index (χ4n) is 1.92. The monoisotopic (exact) mass is 260 g/mol. The molecule has 0 radical (unpaired) electrons. The van der Waals surface area contributed by atoms with E-state index in [1.54, 1.807) is 6.20 Å². The summed E-state index contributed by atoms with van der Waals surface area (Å²) in [6, 6.07) is 1.82. The zero-order valence-corrected chi connectivity index (χ0v) is 10.8. The Hall–Kier alpha value is -2.57. The molecule has 100 valence electrons. The number of carbonyl (C=O) groups excluding carboxylic acids is 1. The number of nitrogens with zero attached hydrogens (tertiary/aromatic N) is 2. The molecule has 2 aromatic rings. The highest BCUT2D eigenvalue weighted by Crippen LogP contribution is 2.19. The minimum Gasteiger partial charge on any atom is -0.384 e. The van der Waals surface area contributed by atoms with Crippen molar-refractivity contribution in [3.63, 3.8) is 0 Å². The molecular weight excluding hydrogens is 244 g/mol. The highest BCUT2D eigenvalue weighted by atomic mass is 16.1. The predicted octanol–water partition coefficient (Wildman–Crippen LogP) is 0.715. The molecule has 7 nitrogen and oxygen atoms in total. The maximum absolute atomic E-state index is 11.5. The Bertz CT molecular complexity index is 619. The van der Waals surface area contributed by atoms with Crippen LogP contribution in [-0.4, -0.2) is 21.1 Å². The molecule has 2 heterocycles. The number of aromatic nitrogens is 3. The summed E-state index contributed by atoms with van der Waals surface area (Å²) in [5.41, 5.74) is 13.9. The number of aryl methyl sites for hydroxylation is 2. The summed E-state index contributed by atoms with van der Waals surface area (Å²) in [4.78, 5) is 15.8. The van der Waals surface area contributed by atoms with Gasteiger partial charge in [-0.15, -0.1) is 0 Å². The molecule has 0 unspecified atom stereocenters. The van der Waals surface area contributed by atoms with Crippen LogP contribution in [0.2, 0.25) is 0 Å². The number of carbonyl (C=O) groups is 1. The van der Waals surface area contributed by atoms with Crippen molar-refractivity contribution in [2.45, 2.75) is 20.4 Å². The van der Waals surface area contributed by atoms with E-state index in [4.69, 9.17) is 11.5 Å². The van der Waals surface area contributed by atoms with Gasteiger partial charge in [0.2, 0.25) is 0 Å². The average molecular weight is 260 g/mol. The summed E-state index contributed by atoms with van der Waals surface area (Å²) >= 11 is 0. The molecule has 0 spiro atoms. The summed E-state index contributed by atoms with van der Waals surface area (Å²) in [6.07, 6.45) is 1.62. The summed E-state index contributed by atoms with van der Waals surface area (Å²) in [6.45, 7) is 4.10. The largest absolute Gasteiger partial charge is 0.384 e. The molecule has 0 atom stereocenters. The molecule has 0 aliphatic rings. The van der Waals surface area contributed by atoms with E-state index < -0.39 is 5.91 Å². The summed E-state index contributed by atoms with van der Waals surface area (Å²) < 4.78 is 0. The van der Waals surface area contributed by atoms with Crippen molar-refractivity contribution in [2.24, 2.45) is 5.73 Å². The normalized spacial score (nSPS) is 10.4. The maximum atomic E-state index is 11.5. The third-order valence-electron chi connectivity index (χ3n) is 2.79. The van der Waals surface area contributed by atoms with E-state index in [1.807, 2.05) is 19.9 Å². The van der Waals surface area contributed by atoms with Crippen LogP contribution in [0.5, 0.6) is 0 Å². The Morgan fingerprint density at radius 2 is 2.21 bits per heavy atom. The van der Waals surface area contributed by atoms with Crippen LogP contribution in [0, 0.1) is 13.8 Å². The number of amides is 1. The van der Waals surface area contributed by atoms with Gasteiger partial charge in [-0.3, -0.25) is 9.89 Å². The van der Waals surface area contributed by atoms with Crippen molar-refractivity contribution in [1.29, 1.82) is 0 Å². The van der Waals surface area contributed by atoms with E-state index >= 15 is 0 Å². The molecule has 2 rings (SSSR count). The number of anilines is 2. The van der Waals surface area contributed by atoms with Crippen molar-refractivity contribution < 1.29 is 4.79 Å². The average Bonchev–Trinajstić information content (AvgIpc) is 2.70. The number of nitrogen functional groups attached to an aromatic ring is 1. The van der Waals surface area contributed by atoms with Gasteiger partial charge < -0.3 is 16.8 Å². The number of nitrogens with one attached hydrogen (secondary N) is 2. The molecule has 1 amide bonds. The lowest BCUT2D eigenvalue weighted by Crippen LogP contribution is -2.17. The van der Waals surface area contributed by atoms with E-state index in [0.717, 1.165) is 16.8 Å². The lowest BCUT2D eigenvalue weighted by molar-refractivity contribution is 0.1000. The number of aromatic amines is 1. The van der Waals surface area contributed by atoms with Gasteiger partial charge in [0, 0.05) is 17.8 Å². The van der Waals surface area contributed by atoms with Crippen molar-refractivity contribution in [3.8, 4) is 0 Å². The molecule has 7 heteroatoms. The number of nitrogens with two attached hydrogens (primary N) is 2. The van der Waals surface area contributed by atoms with Gasteiger partial charge in [-0.25, -0.2) is 4.98 Å². The SMILES string of the molecule is Cc1cc(C)c(C(N)=O)c(NCc2cn[nH]c2N)n1.